The van der Waals surface area contributed by atoms with Crippen molar-refractivity contribution in [1.82, 2.24) is 4.90 Å². The molecule has 34 heavy (non-hydrogen) atoms. The number of carbonyl (C=O) groups excluding carboxylic acids is 2. The van der Waals surface area contributed by atoms with Crippen LogP contribution in [-0.4, -0.2) is 29.7 Å². The van der Waals surface area contributed by atoms with Crippen LogP contribution >= 0.6 is 23.4 Å². The van der Waals surface area contributed by atoms with Crippen molar-refractivity contribution in [1.29, 1.82) is 0 Å². The third-order valence-corrected chi connectivity index (χ3v) is 6.35. The van der Waals surface area contributed by atoms with Crippen LogP contribution in [0.1, 0.15) is 16.7 Å². The second kappa shape index (κ2) is 10.8. The normalized spacial score (nSPS) is 14.7. The van der Waals surface area contributed by atoms with Crippen LogP contribution in [0.25, 0.3) is 6.08 Å². The van der Waals surface area contributed by atoms with Crippen LogP contribution in [0, 0.1) is 5.82 Å². The molecule has 0 radical (unpaired) electrons. The topological polar surface area (TPSA) is 55.8 Å². The molecule has 0 spiro atoms. The van der Waals surface area contributed by atoms with E-state index in [1.807, 2.05) is 30.3 Å². The molecule has 3 aromatic carbocycles. The molecule has 0 saturated carbocycles. The maximum Gasteiger partial charge on any atom is 0.293 e. The molecule has 0 aliphatic carbocycles. The Hall–Kier alpha value is -3.29. The van der Waals surface area contributed by atoms with Gasteiger partial charge in [-0.15, -0.1) is 0 Å². The average Bonchev–Trinajstić information content (AvgIpc) is 3.09. The molecule has 1 heterocycles. The van der Waals surface area contributed by atoms with Crippen molar-refractivity contribution < 1.29 is 23.5 Å². The van der Waals surface area contributed by atoms with Crippen LogP contribution in [0.5, 0.6) is 11.5 Å². The first kappa shape index (κ1) is 23.9. The van der Waals surface area contributed by atoms with Gasteiger partial charge in [0.15, 0.2) is 11.5 Å². The van der Waals surface area contributed by atoms with Gasteiger partial charge in [-0.1, -0.05) is 54.1 Å². The van der Waals surface area contributed by atoms with Gasteiger partial charge < -0.3 is 9.47 Å². The summed E-state index contributed by atoms with van der Waals surface area (Å²) >= 11 is 7.32. The standard InChI is InChI=1S/C26H21ClFNO4S/c1-32-22-14-19(13-21(27)24(22)33-16-18-8-5-9-20(28)12-18)15-23-25(30)29(26(31)34-23)11-10-17-6-3-2-4-7-17/h2-9,12-15H,10-11,16H2,1H3/b23-15-. The summed E-state index contributed by atoms with van der Waals surface area (Å²) < 4.78 is 24.6. The molecular weight excluding hydrogens is 477 g/mol. The molecule has 0 aromatic heterocycles. The van der Waals surface area contributed by atoms with Crippen molar-refractivity contribution in [2.45, 2.75) is 13.0 Å². The van der Waals surface area contributed by atoms with Gasteiger partial charge in [0.25, 0.3) is 11.1 Å². The quantitative estimate of drug-likeness (QED) is 0.340. The molecule has 2 amide bonds. The first-order valence-corrected chi connectivity index (χ1v) is 11.7. The molecule has 8 heteroatoms. The number of nitrogens with zero attached hydrogens (tertiary/aromatic N) is 1. The van der Waals surface area contributed by atoms with E-state index in [4.69, 9.17) is 21.1 Å². The van der Waals surface area contributed by atoms with Gasteiger partial charge in [-0.05, 0) is 65.2 Å². The number of methoxy groups -OCH3 is 1. The minimum Gasteiger partial charge on any atom is -0.493 e. The van der Waals surface area contributed by atoms with E-state index < -0.39 is 0 Å². The lowest BCUT2D eigenvalue weighted by Crippen LogP contribution is -2.30. The minimum absolute atomic E-state index is 0.105. The summed E-state index contributed by atoms with van der Waals surface area (Å²) in [7, 11) is 1.47. The Morgan fingerprint density at radius 1 is 1.03 bits per heavy atom. The van der Waals surface area contributed by atoms with Gasteiger partial charge in [0.2, 0.25) is 0 Å². The van der Waals surface area contributed by atoms with Gasteiger partial charge in [0, 0.05) is 6.54 Å². The number of thioether (sulfide) groups is 1. The Morgan fingerprint density at radius 2 is 1.79 bits per heavy atom. The van der Waals surface area contributed by atoms with Gasteiger partial charge >= 0.3 is 0 Å². The van der Waals surface area contributed by atoms with Gasteiger partial charge in [0.1, 0.15) is 12.4 Å². The van der Waals surface area contributed by atoms with Gasteiger partial charge in [0.05, 0.1) is 17.0 Å². The maximum absolute atomic E-state index is 13.4. The Kier molecular flexibility index (Phi) is 7.55. The number of halogens is 2. The molecule has 5 nitrogen and oxygen atoms in total. The second-order valence-electron chi connectivity index (χ2n) is 7.52. The molecule has 0 N–H and O–H groups in total. The summed E-state index contributed by atoms with van der Waals surface area (Å²) in [5.41, 5.74) is 2.29. The van der Waals surface area contributed by atoms with Crippen LogP contribution in [0.3, 0.4) is 0 Å². The fourth-order valence-electron chi connectivity index (χ4n) is 3.48. The molecule has 3 aromatic rings. The molecule has 1 aliphatic rings. The van der Waals surface area contributed by atoms with Crippen LogP contribution < -0.4 is 9.47 Å². The fraction of sp³-hybridized carbons (Fsp3) is 0.154. The predicted octanol–water partition coefficient (Wildman–Crippen LogP) is 6.35. The summed E-state index contributed by atoms with van der Waals surface area (Å²) in [6.45, 7) is 0.413. The monoisotopic (exact) mass is 497 g/mol. The number of ether oxygens (including phenoxy) is 2. The first-order valence-electron chi connectivity index (χ1n) is 10.5. The first-order chi connectivity index (χ1) is 16.4. The zero-order chi connectivity index (χ0) is 24.1. The highest BCUT2D eigenvalue weighted by molar-refractivity contribution is 8.18. The Labute approximate surface area is 206 Å². The van der Waals surface area contributed by atoms with E-state index in [9.17, 15) is 14.0 Å². The lowest BCUT2D eigenvalue weighted by atomic mass is 10.1. The maximum atomic E-state index is 13.4. The minimum atomic E-state index is -0.354. The molecule has 4 rings (SSSR count). The fourth-order valence-corrected chi connectivity index (χ4v) is 4.61. The number of hydrogen-bond donors (Lipinski definition) is 0. The van der Waals surface area contributed by atoms with E-state index >= 15 is 0 Å². The molecule has 0 bridgehead atoms. The highest BCUT2D eigenvalue weighted by Crippen LogP contribution is 2.39. The molecular formula is C26H21ClFNO4S. The summed E-state index contributed by atoms with van der Waals surface area (Å²) in [4.78, 5) is 26.8. The SMILES string of the molecule is COc1cc(/C=C2\SC(=O)N(CCc3ccccc3)C2=O)cc(Cl)c1OCc1cccc(F)c1. The predicted molar refractivity (Wildman–Crippen MR) is 132 cm³/mol. The Bertz CT molecular complexity index is 1250. The van der Waals surface area contributed by atoms with Crippen LogP contribution in [-0.2, 0) is 17.8 Å². The van der Waals surface area contributed by atoms with Crippen LogP contribution in [0.2, 0.25) is 5.02 Å². The largest absolute Gasteiger partial charge is 0.493 e. The summed E-state index contributed by atoms with van der Waals surface area (Å²) in [5.74, 6) is -0.0281. The molecule has 0 unspecified atom stereocenters. The Balaban J connectivity index is 1.49. The van der Waals surface area contributed by atoms with E-state index in [0.717, 1.165) is 17.3 Å². The summed E-state index contributed by atoms with van der Waals surface area (Å²) in [5, 5.41) is -0.0365. The van der Waals surface area contributed by atoms with Gasteiger partial charge in [-0.25, -0.2) is 4.39 Å². The molecule has 174 valence electrons. The van der Waals surface area contributed by atoms with E-state index in [0.29, 0.717) is 40.5 Å². The Morgan fingerprint density at radius 3 is 2.53 bits per heavy atom. The molecule has 0 atom stereocenters. The highest BCUT2D eigenvalue weighted by atomic mass is 35.5. The third kappa shape index (κ3) is 5.61. The third-order valence-electron chi connectivity index (χ3n) is 5.16. The molecule has 1 fully saturated rings. The zero-order valence-electron chi connectivity index (χ0n) is 18.3. The van der Waals surface area contributed by atoms with E-state index in [1.165, 1.54) is 24.1 Å². The van der Waals surface area contributed by atoms with Crippen LogP contribution in [0.15, 0.2) is 71.6 Å². The lowest BCUT2D eigenvalue weighted by molar-refractivity contribution is -0.122. The smallest absolute Gasteiger partial charge is 0.293 e. The van der Waals surface area contributed by atoms with Crippen molar-refractivity contribution >= 4 is 40.6 Å². The molecule has 1 saturated heterocycles. The summed E-state index contributed by atoms with van der Waals surface area (Å²) in [6, 6.07) is 19.1. The molecule has 1 aliphatic heterocycles. The van der Waals surface area contributed by atoms with E-state index in [1.54, 1.807) is 30.3 Å². The highest BCUT2D eigenvalue weighted by Gasteiger charge is 2.34. The van der Waals surface area contributed by atoms with Crippen molar-refractivity contribution in [3.05, 3.63) is 99.2 Å². The average molecular weight is 498 g/mol. The number of carbonyl (C=O) groups is 2. The van der Waals surface area contributed by atoms with E-state index in [-0.39, 0.29) is 28.6 Å². The van der Waals surface area contributed by atoms with Gasteiger partial charge in [-0.3, -0.25) is 14.5 Å². The van der Waals surface area contributed by atoms with Crippen molar-refractivity contribution in [3.8, 4) is 11.5 Å². The van der Waals surface area contributed by atoms with E-state index in [2.05, 4.69) is 0 Å². The number of amides is 2. The van der Waals surface area contributed by atoms with Crippen molar-refractivity contribution in [3.63, 3.8) is 0 Å². The van der Waals surface area contributed by atoms with Gasteiger partial charge in [-0.2, -0.15) is 0 Å². The summed E-state index contributed by atoms with van der Waals surface area (Å²) in [6.07, 6.45) is 2.20. The lowest BCUT2D eigenvalue weighted by Gasteiger charge is -2.14. The number of hydrogen-bond acceptors (Lipinski definition) is 5. The van der Waals surface area contributed by atoms with Crippen LogP contribution in [0.4, 0.5) is 9.18 Å². The van der Waals surface area contributed by atoms with Crippen molar-refractivity contribution in [2.24, 2.45) is 0 Å². The second-order valence-corrected chi connectivity index (χ2v) is 8.92. The number of imide groups is 1. The number of benzene rings is 3. The van der Waals surface area contributed by atoms with Crippen molar-refractivity contribution in [2.75, 3.05) is 13.7 Å². The number of rotatable bonds is 8. The zero-order valence-corrected chi connectivity index (χ0v) is 19.9.